The number of hydrogen-bond acceptors (Lipinski definition) is 1. The van der Waals surface area contributed by atoms with Crippen molar-refractivity contribution in [3.05, 3.63) is 0 Å². The molecule has 0 heterocycles. The summed E-state index contributed by atoms with van der Waals surface area (Å²) in [7, 11) is 0. The third kappa shape index (κ3) is 5.44. The van der Waals surface area contributed by atoms with Crippen LogP contribution in [0, 0.1) is 23.7 Å². The average Bonchev–Trinajstić information content (AvgIpc) is 2.37. The summed E-state index contributed by atoms with van der Waals surface area (Å²) in [6, 6.07) is 0.177. The number of rotatable bonds is 5. The summed E-state index contributed by atoms with van der Waals surface area (Å²) in [6.45, 7) is 4.60. The van der Waals surface area contributed by atoms with E-state index >= 15 is 0 Å². The van der Waals surface area contributed by atoms with E-state index in [4.69, 9.17) is 0 Å². The number of nitrogens with one attached hydrogen (secondary N) is 1. The fourth-order valence-electron chi connectivity index (χ4n) is 3.01. The molecule has 19 heavy (non-hydrogen) atoms. The van der Waals surface area contributed by atoms with Crippen molar-refractivity contribution >= 4 is 0 Å². The summed E-state index contributed by atoms with van der Waals surface area (Å²) < 4.78 is 38.5. The number of halogens is 3. The molecule has 1 N–H and O–H groups in total. The van der Waals surface area contributed by atoms with Crippen LogP contribution < -0.4 is 5.32 Å². The Bertz CT molecular complexity index is 314. The molecule has 3 atom stereocenters. The molecule has 0 saturated heterocycles. The van der Waals surface area contributed by atoms with Crippen LogP contribution in [-0.4, -0.2) is 18.8 Å². The van der Waals surface area contributed by atoms with E-state index in [1.54, 1.807) is 6.92 Å². The summed E-state index contributed by atoms with van der Waals surface area (Å²) in [5, 5.41) is 3.35. The lowest BCUT2D eigenvalue weighted by molar-refractivity contribution is -0.186. The summed E-state index contributed by atoms with van der Waals surface area (Å²) in [5.41, 5.74) is 0. The van der Waals surface area contributed by atoms with Crippen molar-refractivity contribution < 1.29 is 13.2 Å². The number of hydrogen-bond donors (Lipinski definition) is 1. The van der Waals surface area contributed by atoms with Crippen LogP contribution in [0.25, 0.3) is 0 Å². The van der Waals surface area contributed by atoms with E-state index in [0.717, 1.165) is 25.8 Å². The van der Waals surface area contributed by atoms with Gasteiger partial charge in [-0.25, -0.2) is 0 Å². The van der Waals surface area contributed by atoms with Crippen LogP contribution in [0.3, 0.4) is 0 Å². The van der Waals surface area contributed by atoms with Gasteiger partial charge < -0.3 is 5.32 Å². The molecule has 1 rings (SSSR count). The molecule has 0 amide bonds. The molecule has 1 saturated carbocycles. The third-order valence-corrected chi connectivity index (χ3v) is 3.97. The maximum absolute atomic E-state index is 12.8. The van der Waals surface area contributed by atoms with Gasteiger partial charge in [0.25, 0.3) is 0 Å². The highest BCUT2D eigenvalue weighted by molar-refractivity contribution is 4.96. The zero-order valence-corrected chi connectivity index (χ0v) is 11.8. The van der Waals surface area contributed by atoms with Crippen LogP contribution >= 0.6 is 0 Å². The standard InChI is InChI=1S/C15H24F3N/c1-3-5-6-10-14(19-4-2)12-8-7-9-13(11-12)15(16,17)18/h12-14,19H,4,6-11H2,1-2H3. The highest BCUT2D eigenvalue weighted by atomic mass is 19.4. The van der Waals surface area contributed by atoms with Crippen LogP contribution in [0.1, 0.15) is 52.4 Å². The van der Waals surface area contributed by atoms with Crippen molar-refractivity contribution in [2.45, 2.75) is 64.6 Å². The minimum atomic E-state index is -4.03. The molecule has 1 fully saturated rings. The van der Waals surface area contributed by atoms with Crippen LogP contribution in [0.15, 0.2) is 0 Å². The lowest BCUT2D eigenvalue weighted by Crippen LogP contribution is -2.40. The summed E-state index contributed by atoms with van der Waals surface area (Å²) >= 11 is 0. The van der Waals surface area contributed by atoms with E-state index in [1.165, 1.54) is 0 Å². The molecule has 110 valence electrons. The second kappa shape index (κ2) is 7.79. The molecule has 0 aromatic carbocycles. The minimum absolute atomic E-state index is 0.138. The van der Waals surface area contributed by atoms with Gasteiger partial charge in [0.2, 0.25) is 0 Å². The zero-order chi connectivity index (χ0) is 14.3. The van der Waals surface area contributed by atoms with E-state index < -0.39 is 12.1 Å². The van der Waals surface area contributed by atoms with Crippen LogP contribution in [-0.2, 0) is 0 Å². The van der Waals surface area contributed by atoms with E-state index in [1.807, 2.05) is 6.92 Å². The maximum Gasteiger partial charge on any atom is 0.391 e. The second-order valence-corrected chi connectivity index (χ2v) is 5.29. The topological polar surface area (TPSA) is 12.0 Å². The van der Waals surface area contributed by atoms with Gasteiger partial charge in [-0.2, -0.15) is 13.2 Å². The largest absolute Gasteiger partial charge is 0.391 e. The van der Waals surface area contributed by atoms with Crippen molar-refractivity contribution in [1.82, 2.24) is 5.32 Å². The van der Waals surface area contributed by atoms with Gasteiger partial charge in [0.15, 0.2) is 0 Å². The molecule has 4 heteroatoms. The molecule has 0 spiro atoms. The molecule has 0 bridgehead atoms. The van der Waals surface area contributed by atoms with Crippen molar-refractivity contribution in [3.8, 4) is 11.8 Å². The molecule has 3 unspecified atom stereocenters. The molecule has 1 nitrogen and oxygen atoms in total. The third-order valence-electron chi connectivity index (χ3n) is 3.97. The quantitative estimate of drug-likeness (QED) is 0.744. The van der Waals surface area contributed by atoms with Gasteiger partial charge in [-0.15, -0.1) is 11.8 Å². The molecular formula is C15H24F3N. The first-order chi connectivity index (χ1) is 8.99. The van der Waals surface area contributed by atoms with E-state index in [2.05, 4.69) is 17.2 Å². The van der Waals surface area contributed by atoms with Crippen molar-refractivity contribution in [1.29, 1.82) is 0 Å². The van der Waals surface area contributed by atoms with Gasteiger partial charge in [-0.05, 0) is 45.1 Å². The normalized spacial score (nSPS) is 25.5. The lowest BCUT2D eigenvalue weighted by Gasteiger charge is -2.35. The molecule has 1 aliphatic rings. The fourth-order valence-corrected chi connectivity index (χ4v) is 3.01. The summed E-state index contributed by atoms with van der Waals surface area (Å²) in [4.78, 5) is 0. The predicted octanol–water partition coefficient (Wildman–Crippen LogP) is 4.14. The highest BCUT2D eigenvalue weighted by Crippen LogP contribution is 2.41. The Morgan fingerprint density at radius 1 is 1.32 bits per heavy atom. The predicted molar refractivity (Wildman–Crippen MR) is 71.7 cm³/mol. The second-order valence-electron chi connectivity index (χ2n) is 5.29. The molecular weight excluding hydrogens is 251 g/mol. The average molecular weight is 275 g/mol. The first-order valence-corrected chi connectivity index (χ1v) is 7.18. The summed E-state index contributed by atoms with van der Waals surface area (Å²) in [6.07, 6.45) is -0.238. The van der Waals surface area contributed by atoms with Gasteiger partial charge in [-0.3, -0.25) is 0 Å². The Labute approximate surface area is 114 Å². The first kappa shape index (κ1) is 16.4. The van der Waals surface area contributed by atoms with E-state index in [0.29, 0.717) is 12.8 Å². The minimum Gasteiger partial charge on any atom is -0.314 e. The number of alkyl halides is 3. The van der Waals surface area contributed by atoms with Crippen molar-refractivity contribution in [3.63, 3.8) is 0 Å². The van der Waals surface area contributed by atoms with Gasteiger partial charge in [0.1, 0.15) is 0 Å². The van der Waals surface area contributed by atoms with E-state index in [9.17, 15) is 13.2 Å². The van der Waals surface area contributed by atoms with Crippen LogP contribution in [0.4, 0.5) is 13.2 Å². The zero-order valence-electron chi connectivity index (χ0n) is 11.8. The molecule has 0 aromatic rings. The maximum atomic E-state index is 12.8. The van der Waals surface area contributed by atoms with Gasteiger partial charge >= 0.3 is 6.18 Å². The van der Waals surface area contributed by atoms with Crippen LogP contribution in [0.5, 0.6) is 0 Å². The lowest BCUT2D eigenvalue weighted by atomic mass is 9.76. The SMILES string of the molecule is CC#CCCC(NCC)C1CCCC(C(F)(F)F)C1. The van der Waals surface area contributed by atoms with Gasteiger partial charge in [-0.1, -0.05) is 13.3 Å². The smallest absolute Gasteiger partial charge is 0.314 e. The molecule has 0 aliphatic heterocycles. The molecule has 0 radical (unpaired) electrons. The van der Waals surface area contributed by atoms with E-state index in [-0.39, 0.29) is 18.4 Å². The molecule has 1 aliphatic carbocycles. The Morgan fingerprint density at radius 3 is 2.63 bits per heavy atom. The van der Waals surface area contributed by atoms with Crippen molar-refractivity contribution in [2.24, 2.45) is 11.8 Å². The Hall–Kier alpha value is -0.690. The van der Waals surface area contributed by atoms with Crippen molar-refractivity contribution in [2.75, 3.05) is 6.54 Å². The van der Waals surface area contributed by atoms with Gasteiger partial charge in [0, 0.05) is 12.5 Å². The Balaban J connectivity index is 2.58. The monoisotopic (exact) mass is 275 g/mol. The van der Waals surface area contributed by atoms with Crippen LogP contribution in [0.2, 0.25) is 0 Å². The fraction of sp³-hybridized carbons (Fsp3) is 0.867. The van der Waals surface area contributed by atoms with Gasteiger partial charge in [0.05, 0.1) is 5.92 Å². The Morgan fingerprint density at radius 2 is 2.05 bits per heavy atom. The molecule has 0 aromatic heterocycles. The summed E-state index contributed by atoms with van der Waals surface area (Å²) in [5.74, 6) is 4.88. The highest BCUT2D eigenvalue weighted by Gasteiger charge is 2.43. The Kier molecular flexibility index (Phi) is 6.71. The first-order valence-electron chi connectivity index (χ1n) is 7.18.